The minimum Gasteiger partial charge on any atom is -0.367 e. The highest BCUT2D eigenvalue weighted by Gasteiger charge is 2.25. The molecule has 7 heteroatoms. The molecule has 5 rings (SSSR count). The predicted molar refractivity (Wildman–Crippen MR) is 136 cm³/mol. The Balaban J connectivity index is 1.24. The molecule has 0 radical (unpaired) electrons. The molecule has 2 aliphatic rings. The van der Waals surface area contributed by atoms with E-state index in [0.717, 1.165) is 60.5 Å². The number of H-pyrrole nitrogens is 1. The van der Waals surface area contributed by atoms with Crippen molar-refractivity contribution in [3.63, 3.8) is 0 Å². The van der Waals surface area contributed by atoms with E-state index in [2.05, 4.69) is 51.5 Å². The molecule has 1 aliphatic heterocycles. The maximum atomic E-state index is 12.9. The molecule has 34 heavy (non-hydrogen) atoms. The molecule has 180 valence electrons. The summed E-state index contributed by atoms with van der Waals surface area (Å²) in [7, 11) is 2.12. The van der Waals surface area contributed by atoms with E-state index in [4.69, 9.17) is 0 Å². The molecule has 2 aromatic heterocycles. The van der Waals surface area contributed by atoms with Crippen LogP contribution < -0.4 is 5.32 Å². The number of aromatic amines is 1. The summed E-state index contributed by atoms with van der Waals surface area (Å²) in [6.45, 7) is 4.68. The van der Waals surface area contributed by atoms with Gasteiger partial charge in [0.25, 0.3) is 5.91 Å². The number of fused-ring (bicyclic) bond motifs is 1. The summed E-state index contributed by atoms with van der Waals surface area (Å²) in [5.41, 5.74) is 4.07. The van der Waals surface area contributed by atoms with E-state index >= 15 is 0 Å². The standard InChI is InChI=1S/C27H36N6O/c1-19-18-33(17-16-32(19)2)27(34)21-11-8-20(9-12-21)10-13-23-25-24(31-30-23)14-15-28-26(25)29-22-6-4-3-5-7-22/h8-9,11-12,14-15,19,22H,3-7,10,13,16-18H2,1-2H3,(H,28,29)(H,30,31). The summed E-state index contributed by atoms with van der Waals surface area (Å²) in [6.07, 6.45) is 9.90. The van der Waals surface area contributed by atoms with Crippen LogP contribution in [0.3, 0.4) is 0 Å². The molecule has 1 aromatic carbocycles. The van der Waals surface area contributed by atoms with Crippen molar-refractivity contribution in [3.8, 4) is 0 Å². The van der Waals surface area contributed by atoms with Crippen LogP contribution in [0, 0.1) is 0 Å². The fraction of sp³-hybridized carbons (Fsp3) is 0.519. The zero-order chi connectivity index (χ0) is 23.5. The Morgan fingerprint density at radius 3 is 2.65 bits per heavy atom. The number of hydrogen-bond donors (Lipinski definition) is 2. The van der Waals surface area contributed by atoms with E-state index in [0.29, 0.717) is 12.1 Å². The number of aryl methyl sites for hydroxylation is 2. The summed E-state index contributed by atoms with van der Waals surface area (Å²) in [4.78, 5) is 21.9. The van der Waals surface area contributed by atoms with Gasteiger partial charge in [0, 0.05) is 43.5 Å². The molecular formula is C27H36N6O. The largest absolute Gasteiger partial charge is 0.367 e. The van der Waals surface area contributed by atoms with Gasteiger partial charge in [0.1, 0.15) is 5.82 Å². The molecule has 3 aromatic rings. The quantitative estimate of drug-likeness (QED) is 0.575. The zero-order valence-corrected chi connectivity index (χ0v) is 20.4. The average Bonchev–Trinajstić information content (AvgIpc) is 3.29. The monoisotopic (exact) mass is 460 g/mol. The lowest BCUT2D eigenvalue weighted by atomic mass is 9.95. The van der Waals surface area contributed by atoms with E-state index in [9.17, 15) is 4.79 Å². The highest BCUT2D eigenvalue weighted by molar-refractivity contribution is 5.94. The topological polar surface area (TPSA) is 77.1 Å². The predicted octanol–water partition coefficient (Wildman–Crippen LogP) is 4.26. The van der Waals surface area contributed by atoms with Gasteiger partial charge in [0.2, 0.25) is 0 Å². The molecule has 3 heterocycles. The number of hydrogen-bond acceptors (Lipinski definition) is 5. The summed E-state index contributed by atoms with van der Waals surface area (Å²) in [5, 5.41) is 12.6. The van der Waals surface area contributed by atoms with Gasteiger partial charge in [-0.2, -0.15) is 5.10 Å². The van der Waals surface area contributed by atoms with Gasteiger partial charge >= 0.3 is 0 Å². The van der Waals surface area contributed by atoms with Crippen LogP contribution in [0.5, 0.6) is 0 Å². The van der Waals surface area contributed by atoms with E-state index < -0.39 is 0 Å². The van der Waals surface area contributed by atoms with E-state index in [1.54, 1.807) is 0 Å². The normalized spacial score (nSPS) is 20.1. The maximum absolute atomic E-state index is 12.9. The zero-order valence-electron chi connectivity index (χ0n) is 20.4. The number of carbonyl (C=O) groups is 1. The number of piperazine rings is 1. The minimum absolute atomic E-state index is 0.134. The van der Waals surface area contributed by atoms with Crippen molar-refractivity contribution in [3.05, 3.63) is 53.3 Å². The minimum atomic E-state index is 0.134. The molecule has 1 saturated heterocycles. The fourth-order valence-corrected chi connectivity index (χ4v) is 5.25. The number of amides is 1. The van der Waals surface area contributed by atoms with Crippen LogP contribution in [0.1, 0.15) is 60.6 Å². The van der Waals surface area contributed by atoms with Gasteiger partial charge in [0.15, 0.2) is 0 Å². The lowest BCUT2D eigenvalue weighted by molar-refractivity contribution is 0.0572. The van der Waals surface area contributed by atoms with Crippen LogP contribution >= 0.6 is 0 Å². The molecule has 7 nitrogen and oxygen atoms in total. The van der Waals surface area contributed by atoms with Gasteiger partial charge in [-0.1, -0.05) is 31.4 Å². The first-order valence-electron chi connectivity index (χ1n) is 12.8. The number of carbonyl (C=O) groups excluding carboxylic acids is 1. The number of nitrogens with zero attached hydrogens (tertiary/aromatic N) is 4. The van der Waals surface area contributed by atoms with Crippen molar-refractivity contribution in [2.45, 2.75) is 64.0 Å². The number of pyridine rings is 1. The van der Waals surface area contributed by atoms with Crippen LogP contribution in [0.25, 0.3) is 10.9 Å². The summed E-state index contributed by atoms with van der Waals surface area (Å²) in [6, 6.07) is 11.0. The lowest BCUT2D eigenvalue weighted by Gasteiger charge is -2.37. The van der Waals surface area contributed by atoms with Crippen molar-refractivity contribution in [1.82, 2.24) is 25.0 Å². The van der Waals surface area contributed by atoms with Crippen LogP contribution in [-0.4, -0.2) is 69.7 Å². The molecule has 0 bridgehead atoms. The number of benzene rings is 1. The van der Waals surface area contributed by atoms with Crippen molar-refractivity contribution in [2.75, 3.05) is 32.0 Å². The summed E-state index contributed by atoms with van der Waals surface area (Å²) in [5.74, 6) is 1.09. The van der Waals surface area contributed by atoms with Gasteiger partial charge in [-0.25, -0.2) is 4.98 Å². The van der Waals surface area contributed by atoms with Crippen LogP contribution in [0.4, 0.5) is 5.82 Å². The Morgan fingerprint density at radius 1 is 1.09 bits per heavy atom. The molecule has 2 N–H and O–H groups in total. The third kappa shape index (κ3) is 4.94. The van der Waals surface area contributed by atoms with Gasteiger partial charge in [0.05, 0.1) is 16.6 Å². The first-order chi connectivity index (χ1) is 16.6. The fourth-order valence-electron chi connectivity index (χ4n) is 5.25. The number of likely N-dealkylation sites (N-methyl/N-ethyl adjacent to an activating group) is 1. The molecule has 1 amide bonds. The Hall–Kier alpha value is -2.93. The number of rotatable bonds is 6. The summed E-state index contributed by atoms with van der Waals surface area (Å²) >= 11 is 0. The van der Waals surface area contributed by atoms with Crippen molar-refractivity contribution in [2.24, 2.45) is 0 Å². The number of anilines is 1. The molecule has 1 aliphatic carbocycles. The second kappa shape index (κ2) is 10.1. The van der Waals surface area contributed by atoms with E-state index in [1.165, 1.54) is 37.7 Å². The molecule has 1 saturated carbocycles. The highest BCUT2D eigenvalue weighted by atomic mass is 16.2. The Labute approximate surface area is 201 Å². The molecule has 2 fully saturated rings. The van der Waals surface area contributed by atoms with E-state index in [1.807, 2.05) is 29.3 Å². The average molecular weight is 461 g/mol. The van der Waals surface area contributed by atoms with E-state index in [-0.39, 0.29) is 5.91 Å². The summed E-state index contributed by atoms with van der Waals surface area (Å²) < 4.78 is 0. The lowest BCUT2D eigenvalue weighted by Crippen LogP contribution is -2.52. The van der Waals surface area contributed by atoms with Gasteiger partial charge in [-0.15, -0.1) is 0 Å². The van der Waals surface area contributed by atoms with Crippen molar-refractivity contribution in [1.29, 1.82) is 0 Å². The third-order valence-corrected chi connectivity index (χ3v) is 7.60. The maximum Gasteiger partial charge on any atom is 0.253 e. The molecule has 0 spiro atoms. The van der Waals surface area contributed by atoms with Crippen molar-refractivity contribution < 1.29 is 4.79 Å². The smallest absolute Gasteiger partial charge is 0.253 e. The Morgan fingerprint density at radius 2 is 1.88 bits per heavy atom. The molecule has 1 unspecified atom stereocenters. The Bertz CT molecular complexity index is 1120. The third-order valence-electron chi connectivity index (χ3n) is 7.60. The number of nitrogens with one attached hydrogen (secondary N) is 2. The highest BCUT2D eigenvalue weighted by Crippen LogP contribution is 2.28. The SMILES string of the molecule is CC1CN(C(=O)c2ccc(CCc3n[nH]c4ccnc(NC5CCCCC5)c34)cc2)CCN1C. The first-order valence-corrected chi connectivity index (χ1v) is 12.8. The van der Waals surface area contributed by atoms with Gasteiger partial charge in [-0.05, 0) is 63.4 Å². The second-order valence-corrected chi connectivity index (χ2v) is 10.0. The molecular weight excluding hydrogens is 424 g/mol. The Kier molecular flexibility index (Phi) is 6.81. The van der Waals surface area contributed by atoms with Gasteiger partial charge in [-0.3, -0.25) is 9.89 Å². The molecule has 1 atom stereocenters. The second-order valence-electron chi connectivity index (χ2n) is 10.0. The van der Waals surface area contributed by atoms with Crippen LogP contribution in [0.15, 0.2) is 36.5 Å². The number of aromatic nitrogens is 3. The van der Waals surface area contributed by atoms with Crippen molar-refractivity contribution >= 4 is 22.6 Å². The van der Waals surface area contributed by atoms with Crippen LogP contribution in [0.2, 0.25) is 0 Å². The van der Waals surface area contributed by atoms with Crippen LogP contribution in [-0.2, 0) is 12.8 Å². The van der Waals surface area contributed by atoms with Gasteiger partial charge < -0.3 is 15.1 Å². The first kappa shape index (κ1) is 22.8.